The van der Waals surface area contributed by atoms with Crippen molar-refractivity contribution in [2.75, 3.05) is 20.2 Å². The SMILES string of the molecule is CO[C@]1(C)CCCN(C(=O)CCc2cnccn2)CC1. The van der Waals surface area contributed by atoms with Crippen molar-refractivity contribution in [3.63, 3.8) is 0 Å². The van der Waals surface area contributed by atoms with Crippen LogP contribution < -0.4 is 0 Å². The first-order valence-corrected chi connectivity index (χ1v) is 7.21. The zero-order chi connectivity index (χ0) is 14.4. The fourth-order valence-electron chi connectivity index (χ4n) is 2.56. The number of aryl methyl sites for hydroxylation is 1. The van der Waals surface area contributed by atoms with Crippen LogP contribution in [0.4, 0.5) is 0 Å². The molecule has 1 amide bonds. The molecule has 0 radical (unpaired) electrons. The Morgan fingerprint density at radius 2 is 2.25 bits per heavy atom. The van der Waals surface area contributed by atoms with E-state index in [1.807, 2.05) is 4.90 Å². The molecule has 2 heterocycles. The molecule has 0 saturated carbocycles. The van der Waals surface area contributed by atoms with Gasteiger partial charge in [-0.15, -0.1) is 0 Å². The molecule has 5 heteroatoms. The van der Waals surface area contributed by atoms with Crippen LogP contribution in [0.5, 0.6) is 0 Å². The van der Waals surface area contributed by atoms with E-state index in [-0.39, 0.29) is 11.5 Å². The Morgan fingerprint density at radius 3 is 2.95 bits per heavy atom. The van der Waals surface area contributed by atoms with Gasteiger partial charge in [-0.3, -0.25) is 14.8 Å². The van der Waals surface area contributed by atoms with Gasteiger partial charge in [-0.05, 0) is 32.6 Å². The number of likely N-dealkylation sites (tertiary alicyclic amines) is 1. The van der Waals surface area contributed by atoms with E-state index in [4.69, 9.17) is 4.74 Å². The summed E-state index contributed by atoms with van der Waals surface area (Å²) in [6.45, 7) is 3.74. The van der Waals surface area contributed by atoms with Crippen LogP contribution in [-0.2, 0) is 16.0 Å². The lowest BCUT2D eigenvalue weighted by molar-refractivity contribution is -0.131. The Kier molecular flexibility index (Phi) is 5.06. The molecular weight excluding hydrogens is 254 g/mol. The Labute approximate surface area is 120 Å². The number of hydrogen-bond donors (Lipinski definition) is 0. The third kappa shape index (κ3) is 4.00. The summed E-state index contributed by atoms with van der Waals surface area (Å²) in [5.74, 6) is 0.205. The molecule has 1 aromatic rings. The van der Waals surface area contributed by atoms with Crippen LogP contribution in [0.3, 0.4) is 0 Å². The zero-order valence-electron chi connectivity index (χ0n) is 12.3. The highest BCUT2D eigenvalue weighted by Crippen LogP contribution is 2.25. The highest BCUT2D eigenvalue weighted by Gasteiger charge is 2.28. The van der Waals surface area contributed by atoms with E-state index in [0.717, 1.165) is 38.0 Å². The first-order valence-electron chi connectivity index (χ1n) is 7.21. The van der Waals surface area contributed by atoms with Crippen molar-refractivity contribution in [1.82, 2.24) is 14.9 Å². The predicted molar refractivity (Wildman–Crippen MR) is 76.2 cm³/mol. The lowest BCUT2D eigenvalue weighted by Crippen LogP contribution is -2.34. The van der Waals surface area contributed by atoms with Gasteiger partial charge in [0.25, 0.3) is 0 Å². The summed E-state index contributed by atoms with van der Waals surface area (Å²) in [5, 5.41) is 0. The predicted octanol–water partition coefficient (Wildman–Crippen LogP) is 1.83. The molecule has 0 spiro atoms. The van der Waals surface area contributed by atoms with Crippen molar-refractivity contribution in [2.24, 2.45) is 0 Å². The van der Waals surface area contributed by atoms with E-state index < -0.39 is 0 Å². The van der Waals surface area contributed by atoms with Gasteiger partial charge in [0.2, 0.25) is 5.91 Å². The van der Waals surface area contributed by atoms with E-state index in [1.54, 1.807) is 25.7 Å². The molecule has 1 aromatic heterocycles. The highest BCUT2D eigenvalue weighted by atomic mass is 16.5. The summed E-state index contributed by atoms with van der Waals surface area (Å²) in [6, 6.07) is 0. The number of rotatable bonds is 4. The Hall–Kier alpha value is -1.49. The van der Waals surface area contributed by atoms with Crippen molar-refractivity contribution >= 4 is 5.91 Å². The number of methoxy groups -OCH3 is 1. The maximum atomic E-state index is 12.3. The molecule has 1 fully saturated rings. The van der Waals surface area contributed by atoms with Crippen LogP contribution >= 0.6 is 0 Å². The maximum absolute atomic E-state index is 12.3. The Bertz CT molecular complexity index is 438. The summed E-state index contributed by atoms with van der Waals surface area (Å²) in [7, 11) is 1.76. The summed E-state index contributed by atoms with van der Waals surface area (Å²) in [6.07, 6.45) is 9.10. The van der Waals surface area contributed by atoms with Crippen molar-refractivity contribution in [2.45, 2.75) is 44.6 Å². The third-order valence-corrected chi connectivity index (χ3v) is 4.10. The standard InChI is InChI=1S/C15H23N3O2/c1-15(20-2)6-3-10-18(11-7-15)14(19)5-4-13-12-16-8-9-17-13/h8-9,12H,3-7,10-11H2,1-2H3/t15-/m1/s1. The number of ether oxygens (including phenoxy) is 1. The van der Waals surface area contributed by atoms with Crippen LogP contribution in [-0.4, -0.2) is 46.6 Å². The van der Waals surface area contributed by atoms with Gasteiger partial charge in [0, 0.05) is 45.2 Å². The van der Waals surface area contributed by atoms with Crippen molar-refractivity contribution in [3.8, 4) is 0 Å². The topological polar surface area (TPSA) is 55.3 Å². The first-order chi connectivity index (χ1) is 9.63. The molecule has 110 valence electrons. The fraction of sp³-hybridized carbons (Fsp3) is 0.667. The molecule has 1 aliphatic rings. The lowest BCUT2D eigenvalue weighted by Gasteiger charge is -2.26. The zero-order valence-corrected chi connectivity index (χ0v) is 12.3. The second-order valence-corrected chi connectivity index (χ2v) is 5.59. The van der Waals surface area contributed by atoms with Gasteiger partial charge < -0.3 is 9.64 Å². The number of nitrogens with zero attached hydrogens (tertiary/aromatic N) is 3. The minimum absolute atomic E-state index is 0.0834. The van der Waals surface area contributed by atoms with Gasteiger partial charge in [0.1, 0.15) is 0 Å². The Morgan fingerprint density at radius 1 is 1.40 bits per heavy atom. The second kappa shape index (κ2) is 6.79. The van der Waals surface area contributed by atoms with E-state index in [1.165, 1.54) is 0 Å². The van der Waals surface area contributed by atoms with Crippen LogP contribution in [0.1, 0.15) is 38.3 Å². The van der Waals surface area contributed by atoms with Gasteiger partial charge in [0.05, 0.1) is 11.3 Å². The molecule has 0 aromatic carbocycles. The fourth-order valence-corrected chi connectivity index (χ4v) is 2.56. The molecule has 0 bridgehead atoms. The molecule has 0 aliphatic carbocycles. The van der Waals surface area contributed by atoms with Crippen LogP contribution in [0.2, 0.25) is 0 Å². The molecule has 5 nitrogen and oxygen atoms in total. The molecular formula is C15H23N3O2. The third-order valence-electron chi connectivity index (χ3n) is 4.10. The Balaban J connectivity index is 1.84. The highest BCUT2D eigenvalue weighted by molar-refractivity contribution is 5.76. The van der Waals surface area contributed by atoms with Crippen LogP contribution in [0.15, 0.2) is 18.6 Å². The average Bonchev–Trinajstić information content (AvgIpc) is 2.69. The summed E-state index contributed by atoms with van der Waals surface area (Å²) < 4.78 is 5.56. The molecule has 2 rings (SSSR count). The number of hydrogen-bond acceptors (Lipinski definition) is 4. The van der Waals surface area contributed by atoms with Crippen molar-refractivity contribution < 1.29 is 9.53 Å². The van der Waals surface area contributed by atoms with E-state index in [9.17, 15) is 4.79 Å². The summed E-state index contributed by atoms with van der Waals surface area (Å²) in [4.78, 5) is 22.4. The van der Waals surface area contributed by atoms with Gasteiger partial charge in [-0.25, -0.2) is 0 Å². The average molecular weight is 277 g/mol. The van der Waals surface area contributed by atoms with Gasteiger partial charge >= 0.3 is 0 Å². The molecule has 0 unspecified atom stereocenters. The second-order valence-electron chi connectivity index (χ2n) is 5.59. The summed E-state index contributed by atoms with van der Waals surface area (Å²) >= 11 is 0. The maximum Gasteiger partial charge on any atom is 0.222 e. The van der Waals surface area contributed by atoms with Gasteiger partial charge in [-0.1, -0.05) is 0 Å². The van der Waals surface area contributed by atoms with Gasteiger partial charge in [-0.2, -0.15) is 0 Å². The number of carbonyl (C=O) groups is 1. The number of amides is 1. The molecule has 1 aliphatic heterocycles. The van der Waals surface area contributed by atoms with E-state index in [0.29, 0.717) is 12.8 Å². The quantitative estimate of drug-likeness (QED) is 0.842. The van der Waals surface area contributed by atoms with Crippen molar-refractivity contribution in [3.05, 3.63) is 24.3 Å². The monoisotopic (exact) mass is 277 g/mol. The molecule has 20 heavy (non-hydrogen) atoms. The van der Waals surface area contributed by atoms with Gasteiger partial charge in [0.15, 0.2) is 0 Å². The lowest BCUT2D eigenvalue weighted by atomic mass is 9.97. The van der Waals surface area contributed by atoms with Crippen LogP contribution in [0.25, 0.3) is 0 Å². The van der Waals surface area contributed by atoms with Crippen LogP contribution in [0, 0.1) is 0 Å². The number of carbonyl (C=O) groups excluding carboxylic acids is 1. The minimum Gasteiger partial charge on any atom is -0.378 e. The smallest absolute Gasteiger partial charge is 0.222 e. The largest absolute Gasteiger partial charge is 0.378 e. The van der Waals surface area contributed by atoms with E-state index >= 15 is 0 Å². The molecule has 0 N–H and O–H groups in total. The molecule has 1 atom stereocenters. The molecule has 1 saturated heterocycles. The number of aromatic nitrogens is 2. The minimum atomic E-state index is -0.0834. The normalized spacial score (nSPS) is 23.4. The van der Waals surface area contributed by atoms with Crippen molar-refractivity contribution in [1.29, 1.82) is 0 Å². The van der Waals surface area contributed by atoms with E-state index in [2.05, 4.69) is 16.9 Å². The first kappa shape index (κ1) is 14.9. The summed E-state index contributed by atoms with van der Waals surface area (Å²) in [5.41, 5.74) is 0.789.